The Hall–Kier alpha value is -1.40. The molecule has 4 rings (SSSR count). The van der Waals surface area contributed by atoms with E-state index in [1.165, 1.54) is 12.8 Å². The van der Waals surface area contributed by atoms with Gasteiger partial charge in [-0.05, 0) is 46.1 Å². The highest BCUT2D eigenvalue weighted by Gasteiger charge is 2.37. The summed E-state index contributed by atoms with van der Waals surface area (Å²) in [6.45, 7) is 5.18. The second-order valence-corrected chi connectivity index (χ2v) is 7.11. The van der Waals surface area contributed by atoms with Gasteiger partial charge in [0.15, 0.2) is 5.82 Å². The quantitative estimate of drug-likeness (QED) is 0.855. The lowest BCUT2D eigenvalue weighted by atomic mass is 10.0. The van der Waals surface area contributed by atoms with Crippen LogP contribution in [0.5, 0.6) is 0 Å². The highest BCUT2D eigenvalue weighted by molar-refractivity contribution is 6.30. The molecule has 2 aromatic heterocycles. The molecule has 0 amide bonds. The molecule has 3 heterocycles. The van der Waals surface area contributed by atoms with Crippen molar-refractivity contribution in [1.29, 1.82) is 0 Å². The summed E-state index contributed by atoms with van der Waals surface area (Å²) >= 11 is 6.49. The fraction of sp³-hybridized carbons (Fsp3) is 0.688. The molecule has 2 aromatic rings. The second kappa shape index (κ2) is 5.60. The van der Waals surface area contributed by atoms with E-state index < -0.39 is 0 Å². The summed E-state index contributed by atoms with van der Waals surface area (Å²) in [5, 5.41) is 9.35. The Balaban J connectivity index is 1.61. The summed E-state index contributed by atoms with van der Waals surface area (Å²) in [7, 11) is 1.89. The zero-order chi connectivity index (χ0) is 16.1. The molecule has 2 unspecified atom stereocenters. The predicted molar refractivity (Wildman–Crippen MR) is 86.3 cm³/mol. The number of halogens is 1. The standard InChI is InChI=1S/C16H22ClN5O/c1-9-13(14(17)21(3)19-9)12-5-4-8-22(12)10(2)16-18-15(20-23-16)11-6-7-11/h10-12H,4-8H2,1-3H3. The lowest BCUT2D eigenvalue weighted by Crippen LogP contribution is -2.27. The van der Waals surface area contributed by atoms with E-state index in [1.54, 1.807) is 4.68 Å². The van der Waals surface area contributed by atoms with E-state index in [1.807, 2.05) is 14.0 Å². The van der Waals surface area contributed by atoms with Crippen molar-refractivity contribution in [2.75, 3.05) is 6.54 Å². The maximum Gasteiger partial charge on any atom is 0.243 e. The normalized spacial score (nSPS) is 23.6. The fourth-order valence-electron chi connectivity index (χ4n) is 3.65. The van der Waals surface area contributed by atoms with Crippen molar-refractivity contribution in [3.05, 3.63) is 28.1 Å². The van der Waals surface area contributed by atoms with Gasteiger partial charge in [0.05, 0.1) is 11.7 Å². The molecular weight excluding hydrogens is 314 g/mol. The van der Waals surface area contributed by atoms with Crippen LogP contribution in [0, 0.1) is 6.92 Å². The van der Waals surface area contributed by atoms with E-state index in [0.29, 0.717) is 5.92 Å². The fourth-order valence-corrected chi connectivity index (χ4v) is 3.95. The molecule has 1 aliphatic heterocycles. The van der Waals surface area contributed by atoms with Crippen LogP contribution >= 0.6 is 11.6 Å². The minimum atomic E-state index is 0.0955. The van der Waals surface area contributed by atoms with E-state index in [4.69, 9.17) is 16.1 Å². The van der Waals surface area contributed by atoms with E-state index in [-0.39, 0.29) is 12.1 Å². The van der Waals surface area contributed by atoms with Gasteiger partial charge >= 0.3 is 0 Å². The van der Waals surface area contributed by atoms with Crippen LogP contribution in [-0.2, 0) is 7.05 Å². The maximum atomic E-state index is 6.49. The molecule has 1 aliphatic carbocycles. The topological polar surface area (TPSA) is 60.0 Å². The molecule has 2 aliphatic rings. The molecule has 2 atom stereocenters. The molecule has 124 valence electrons. The van der Waals surface area contributed by atoms with Crippen molar-refractivity contribution < 1.29 is 4.52 Å². The number of hydrogen-bond donors (Lipinski definition) is 0. The van der Waals surface area contributed by atoms with Crippen molar-refractivity contribution in [2.45, 2.75) is 57.5 Å². The first-order chi connectivity index (χ1) is 11.1. The predicted octanol–water partition coefficient (Wildman–Crippen LogP) is 3.54. The molecule has 1 saturated heterocycles. The van der Waals surface area contributed by atoms with Gasteiger partial charge in [0.1, 0.15) is 5.15 Å². The Labute approximate surface area is 140 Å². The molecule has 6 nitrogen and oxygen atoms in total. The third-order valence-electron chi connectivity index (χ3n) is 5.08. The van der Waals surface area contributed by atoms with Gasteiger partial charge in [-0.25, -0.2) is 0 Å². The van der Waals surface area contributed by atoms with Crippen molar-refractivity contribution in [2.24, 2.45) is 7.05 Å². The Kier molecular flexibility index (Phi) is 3.69. The van der Waals surface area contributed by atoms with Crippen LogP contribution in [0.2, 0.25) is 5.15 Å². The number of likely N-dealkylation sites (tertiary alicyclic amines) is 1. The summed E-state index contributed by atoms with van der Waals surface area (Å²) in [6, 6.07) is 0.362. The van der Waals surface area contributed by atoms with Crippen LogP contribution in [0.4, 0.5) is 0 Å². The van der Waals surface area contributed by atoms with Gasteiger partial charge in [-0.2, -0.15) is 10.1 Å². The maximum absolute atomic E-state index is 6.49. The monoisotopic (exact) mass is 335 g/mol. The molecule has 7 heteroatoms. The summed E-state index contributed by atoms with van der Waals surface area (Å²) in [4.78, 5) is 7.04. The molecule has 0 bridgehead atoms. The van der Waals surface area contributed by atoms with Crippen LogP contribution in [0.15, 0.2) is 4.52 Å². The molecule has 0 N–H and O–H groups in total. The number of hydrogen-bond acceptors (Lipinski definition) is 5. The SMILES string of the molecule is Cc1nn(C)c(Cl)c1C1CCCN1C(C)c1nc(C2CC2)no1. The molecule has 1 saturated carbocycles. The number of nitrogens with zero attached hydrogens (tertiary/aromatic N) is 5. The lowest BCUT2D eigenvalue weighted by molar-refractivity contribution is 0.158. The van der Waals surface area contributed by atoms with E-state index in [9.17, 15) is 0 Å². The number of rotatable bonds is 4. The molecular formula is C16H22ClN5O. The minimum Gasteiger partial charge on any atom is -0.338 e. The highest BCUT2D eigenvalue weighted by atomic mass is 35.5. The largest absolute Gasteiger partial charge is 0.338 e. The van der Waals surface area contributed by atoms with E-state index in [0.717, 1.165) is 47.5 Å². The first-order valence-corrected chi connectivity index (χ1v) is 8.72. The Bertz CT molecular complexity index is 720. The van der Waals surface area contributed by atoms with Gasteiger partial charge in [0.25, 0.3) is 0 Å². The van der Waals surface area contributed by atoms with Crippen LogP contribution < -0.4 is 0 Å². The van der Waals surface area contributed by atoms with Crippen LogP contribution in [0.1, 0.15) is 73.6 Å². The molecule has 2 fully saturated rings. The van der Waals surface area contributed by atoms with Crippen molar-refractivity contribution >= 4 is 11.6 Å². The summed E-state index contributed by atoms with van der Waals surface area (Å²) in [6.07, 6.45) is 4.60. The van der Waals surface area contributed by atoms with Gasteiger partial charge < -0.3 is 4.52 Å². The Morgan fingerprint density at radius 2 is 2.09 bits per heavy atom. The average molecular weight is 336 g/mol. The number of aryl methyl sites for hydroxylation is 2. The smallest absolute Gasteiger partial charge is 0.243 e. The van der Waals surface area contributed by atoms with Crippen LogP contribution in [0.3, 0.4) is 0 Å². The van der Waals surface area contributed by atoms with Crippen LogP contribution in [-0.4, -0.2) is 31.4 Å². The van der Waals surface area contributed by atoms with Crippen molar-refractivity contribution in [1.82, 2.24) is 24.8 Å². The average Bonchev–Trinajstić information content (AvgIpc) is 2.96. The first-order valence-electron chi connectivity index (χ1n) is 8.34. The molecule has 0 spiro atoms. The Morgan fingerprint density at radius 1 is 1.30 bits per heavy atom. The van der Waals surface area contributed by atoms with Gasteiger partial charge in [0, 0.05) is 24.6 Å². The van der Waals surface area contributed by atoms with Crippen molar-refractivity contribution in [3.8, 4) is 0 Å². The van der Waals surface area contributed by atoms with Crippen molar-refractivity contribution in [3.63, 3.8) is 0 Å². The Morgan fingerprint density at radius 3 is 2.74 bits per heavy atom. The first kappa shape index (κ1) is 15.1. The summed E-state index contributed by atoms with van der Waals surface area (Å²) in [5.41, 5.74) is 2.14. The third-order valence-corrected chi connectivity index (χ3v) is 5.53. The van der Waals surface area contributed by atoms with E-state index >= 15 is 0 Å². The zero-order valence-corrected chi connectivity index (χ0v) is 14.5. The second-order valence-electron chi connectivity index (χ2n) is 6.75. The van der Waals surface area contributed by atoms with Gasteiger partial charge in [0.2, 0.25) is 5.89 Å². The number of aromatic nitrogens is 4. The summed E-state index contributed by atoms with van der Waals surface area (Å²) in [5.74, 6) is 2.11. The third kappa shape index (κ3) is 2.58. The highest BCUT2D eigenvalue weighted by Crippen LogP contribution is 2.43. The zero-order valence-electron chi connectivity index (χ0n) is 13.8. The summed E-state index contributed by atoms with van der Waals surface area (Å²) < 4.78 is 7.29. The molecule has 0 aromatic carbocycles. The van der Waals surface area contributed by atoms with Gasteiger partial charge in [-0.1, -0.05) is 16.8 Å². The lowest BCUT2D eigenvalue weighted by Gasteiger charge is -2.28. The minimum absolute atomic E-state index is 0.0955. The van der Waals surface area contributed by atoms with Gasteiger partial charge in [-0.3, -0.25) is 9.58 Å². The van der Waals surface area contributed by atoms with E-state index in [2.05, 4.69) is 27.1 Å². The molecule has 23 heavy (non-hydrogen) atoms. The molecule has 0 radical (unpaired) electrons. The van der Waals surface area contributed by atoms with Crippen LogP contribution in [0.25, 0.3) is 0 Å². The van der Waals surface area contributed by atoms with Gasteiger partial charge in [-0.15, -0.1) is 0 Å².